The van der Waals surface area contributed by atoms with Gasteiger partial charge in [0.25, 0.3) is 5.91 Å². The van der Waals surface area contributed by atoms with E-state index >= 15 is 0 Å². The van der Waals surface area contributed by atoms with E-state index in [0.29, 0.717) is 18.2 Å². The zero-order valence-electron chi connectivity index (χ0n) is 13.0. The number of amides is 1. The normalized spacial score (nSPS) is 22.4. The van der Waals surface area contributed by atoms with E-state index in [1.807, 2.05) is 0 Å². The number of carbonyl (C=O) groups is 1. The van der Waals surface area contributed by atoms with Crippen LogP contribution in [-0.4, -0.2) is 48.2 Å². The summed E-state index contributed by atoms with van der Waals surface area (Å²) in [6, 6.07) is 1.67. The molecule has 1 amide bonds. The zero-order valence-corrected chi connectivity index (χ0v) is 13.0. The Bertz CT molecular complexity index is 495. The van der Waals surface area contributed by atoms with E-state index in [2.05, 4.69) is 20.2 Å². The van der Waals surface area contributed by atoms with E-state index in [9.17, 15) is 4.79 Å². The minimum absolute atomic E-state index is 0.144. The first-order valence-corrected chi connectivity index (χ1v) is 8.31. The van der Waals surface area contributed by atoms with Crippen LogP contribution >= 0.6 is 0 Å². The first-order chi connectivity index (χ1) is 10.8. The Morgan fingerprint density at radius 1 is 1.27 bits per heavy atom. The third kappa shape index (κ3) is 3.94. The lowest BCUT2D eigenvalue weighted by atomic mass is 10.2. The molecule has 1 aromatic heterocycles. The fourth-order valence-corrected chi connectivity index (χ4v) is 3.00. The minimum atomic E-state index is -0.144. The molecule has 3 rings (SSSR count). The van der Waals surface area contributed by atoms with Gasteiger partial charge in [-0.25, -0.2) is 9.97 Å². The molecule has 0 bridgehead atoms. The minimum Gasteiger partial charge on any atom is -0.376 e. The van der Waals surface area contributed by atoms with E-state index in [0.717, 1.165) is 32.5 Å². The predicted molar refractivity (Wildman–Crippen MR) is 84.0 cm³/mol. The summed E-state index contributed by atoms with van der Waals surface area (Å²) >= 11 is 0. The van der Waals surface area contributed by atoms with E-state index < -0.39 is 0 Å². The summed E-state index contributed by atoms with van der Waals surface area (Å²) < 4.78 is 5.52. The standard InChI is InChI=1S/C16H24N4O2/c21-15(18-12-13-6-5-11-22-13)14-7-8-17-16(19-14)20-9-3-1-2-4-10-20/h7-8,13H,1-6,9-12H2,(H,18,21). The van der Waals surface area contributed by atoms with E-state index in [4.69, 9.17) is 4.74 Å². The molecule has 0 radical (unpaired) electrons. The van der Waals surface area contributed by atoms with Gasteiger partial charge in [0, 0.05) is 32.4 Å². The average Bonchev–Trinajstić information content (AvgIpc) is 2.93. The van der Waals surface area contributed by atoms with Gasteiger partial charge in [0.05, 0.1) is 6.10 Å². The monoisotopic (exact) mass is 304 g/mol. The molecule has 0 aromatic carbocycles. The number of hydrogen-bond acceptors (Lipinski definition) is 5. The Morgan fingerprint density at radius 2 is 2.09 bits per heavy atom. The van der Waals surface area contributed by atoms with Crippen LogP contribution in [-0.2, 0) is 4.74 Å². The molecule has 2 aliphatic rings. The summed E-state index contributed by atoms with van der Waals surface area (Å²) in [6.07, 6.45) is 8.77. The Balaban J connectivity index is 1.60. The fourth-order valence-electron chi connectivity index (χ4n) is 3.00. The molecule has 0 aliphatic carbocycles. The van der Waals surface area contributed by atoms with Crippen LogP contribution in [0.25, 0.3) is 0 Å². The van der Waals surface area contributed by atoms with Gasteiger partial charge >= 0.3 is 0 Å². The van der Waals surface area contributed by atoms with Gasteiger partial charge in [0.15, 0.2) is 0 Å². The van der Waals surface area contributed by atoms with Crippen LogP contribution in [0.3, 0.4) is 0 Å². The molecule has 1 unspecified atom stereocenters. The Morgan fingerprint density at radius 3 is 2.82 bits per heavy atom. The zero-order chi connectivity index (χ0) is 15.2. The van der Waals surface area contributed by atoms with Gasteiger partial charge in [-0.1, -0.05) is 12.8 Å². The molecule has 0 saturated carbocycles. The molecular formula is C16H24N4O2. The van der Waals surface area contributed by atoms with Crippen molar-refractivity contribution in [3.63, 3.8) is 0 Å². The second-order valence-electron chi connectivity index (χ2n) is 5.99. The number of nitrogens with one attached hydrogen (secondary N) is 1. The summed E-state index contributed by atoms with van der Waals surface area (Å²) in [4.78, 5) is 23.2. The summed E-state index contributed by atoms with van der Waals surface area (Å²) in [5, 5.41) is 2.91. The third-order valence-electron chi connectivity index (χ3n) is 4.28. The number of nitrogens with zero attached hydrogens (tertiary/aromatic N) is 3. The van der Waals surface area contributed by atoms with Gasteiger partial charge in [-0.3, -0.25) is 4.79 Å². The van der Waals surface area contributed by atoms with Crippen LogP contribution in [0.2, 0.25) is 0 Å². The van der Waals surface area contributed by atoms with Crippen molar-refractivity contribution in [1.29, 1.82) is 0 Å². The quantitative estimate of drug-likeness (QED) is 0.918. The first kappa shape index (κ1) is 15.2. The lowest BCUT2D eigenvalue weighted by molar-refractivity contribution is 0.0853. The molecule has 6 nitrogen and oxygen atoms in total. The van der Waals surface area contributed by atoms with Crippen LogP contribution in [0.1, 0.15) is 49.0 Å². The second kappa shape index (κ2) is 7.54. The topological polar surface area (TPSA) is 67.3 Å². The molecule has 1 aromatic rings. The number of anilines is 1. The smallest absolute Gasteiger partial charge is 0.270 e. The molecule has 120 valence electrons. The van der Waals surface area contributed by atoms with Gasteiger partial charge in [0.2, 0.25) is 5.95 Å². The summed E-state index contributed by atoms with van der Waals surface area (Å²) in [6.45, 7) is 3.30. The molecule has 22 heavy (non-hydrogen) atoms. The number of aromatic nitrogens is 2. The Hall–Kier alpha value is -1.69. The lowest BCUT2D eigenvalue weighted by Crippen LogP contribution is -2.33. The number of ether oxygens (including phenoxy) is 1. The maximum absolute atomic E-state index is 12.2. The highest BCUT2D eigenvalue weighted by atomic mass is 16.5. The van der Waals surface area contributed by atoms with E-state index in [1.165, 1.54) is 25.7 Å². The van der Waals surface area contributed by atoms with Crippen molar-refractivity contribution in [2.45, 2.75) is 44.6 Å². The summed E-state index contributed by atoms with van der Waals surface area (Å²) in [5.41, 5.74) is 0.437. The maximum Gasteiger partial charge on any atom is 0.270 e. The SMILES string of the molecule is O=C(NCC1CCCO1)c1ccnc(N2CCCCCC2)n1. The van der Waals surface area contributed by atoms with E-state index in [-0.39, 0.29) is 12.0 Å². The number of hydrogen-bond donors (Lipinski definition) is 1. The van der Waals surface area contributed by atoms with Gasteiger partial charge < -0.3 is 15.0 Å². The van der Waals surface area contributed by atoms with Crippen LogP contribution in [0.5, 0.6) is 0 Å². The first-order valence-electron chi connectivity index (χ1n) is 8.31. The third-order valence-corrected chi connectivity index (χ3v) is 4.28. The number of rotatable bonds is 4. The highest BCUT2D eigenvalue weighted by Crippen LogP contribution is 2.15. The average molecular weight is 304 g/mol. The maximum atomic E-state index is 12.2. The van der Waals surface area contributed by atoms with Crippen molar-refractivity contribution in [1.82, 2.24) is 15.3 Å². The largest absolute Gasteiger partial charge is 0.376 e. The molecule has 0 spiro atoms. The summed E-state index contributed by atoms with van der Waals surface area (Å²) in [5.74, 6) is 0.528. The second-order valence-corrected chi connectivity index (χ2v) is 5.99. The highest BCUT2D eigenvalue weighted by Gasteiger charge is 2.18. The molecule has 6 heteroatoms. The molecule has 1 N–H and O–H groups in total. The van der Waals surface area contributed by atoms with Crippen LogP contribution in [0.15, 0.2) is 12.3 Å². The van der Waals surface area contributed by atoms with Gasteiger partial charge in [0.1, 0.15) is 5.69 Å². The van der Waals surface area contributed by atoms with Crippen molar-refractivity contribution in [3.05, 3.63) is 18.0 Å². The molecule has 3 heterocycles. The van der Waals surface area contributed by atoms with Gasteiger partial charge in [-0.15, -0.1) is 0 Å². The Kier molecular flexibility index (Phi) is 5.21. The van der Waals surface area contributed by atoms with Gasteiger partial charge in [-0.05, 0) is 31.7 Å². The highest BCUT2D eigenvalue weighted by molar-refractivity contribution is 5.92. The Labute approximate surface area is 131 Å². The van der Waals surface area contributed by atoms with Crippen molar-refractivity contribution in [2.75, 3.05) is 31.1 Å². The molecule has 2 fully saturated rings. The molecule has 2 saturated heterocycles. The van der Waals surface area contributed by atoms with Gasteiger partial charge in [-0.2, -0.15) is 0 Å². The fraction of sp³-hybridized carbons (Fsp3) is 0.688. The number of carbonyl (C=O) groups excluding carboxylic acids is 1. The predicted octanol–water partition coefficient (Wildman–Crippen LogP) is 1.77. The van der Waals surface area contributed by atoms with Crippen molar-refractivity contribution >= 4 is 11.9 Å². The van der Waals surface area contributed by atoms with Crippen LogP contribution < -0.4 is 10.2 Å². The molecular weight excluding hydrogens is 280 g/mol. The van der Waals surface area contributed by atoms with Crippen LogP contribution in [0, 0.1) is 0 Å². The van der Waals surface area contributed by atoms with Crippen LogP contribution in [0.4, 0.5) is 5.95 Å². The van der Waals surface area contributed by atoms with E-state index in [1.54, 1.807) is 12.3 Å². The van der Waals surface area contributed by atoms with Crippen molar-refractivity contribution in [3.8, 4) is 0 Å². The lowest BCUT2D eigenvalue weighted by Gasteiger charge is -2.20. The van der Waals surface area contributed by atoms with Crippen molar-refractivity contribution < 1.29 is 9.53 Å². The molecule has 2 aliphatic heterocycles. The molecule has 1 atom stereocenters. The summed E-state index contributed by atoms with van der Waals surface area (Å²) in [7, 11) is 0. The van der Waals surface area contributed by atoms with Crippen molar-refractivity contribution in [2.24, 2.45) is 0 Å².